The van der Waals surface area contributed by atoms with Crippen molar-refractivity contribution >= 4 is 40.6 Å². The predicted molar refractivity (Wildman–Crippen MR) is 141 cm³/mol. The van der Waals surface area contributed by atoms with Crippen LogP contribution in [0.25, 0.3) is 6.08 Å². The number of carbonyl (C=O) groups is 3. The van der Waals surface area contributed by atoms with Crippen molar-refractivity contribution in [1.82, 2.24) is 4.90 Å². The van der Waals surface area contributed by atoms with Gasteiger partial charge in [0.1, 0.15) is 19.0 Å². The highest BCUT2D eigenvalue weighted by Crippen LogP contribution is 2.35. The lowest BCUT2D eigenvalue weighted by Crippen LogP contribution is -2.36. The number of rotatable bonds is 9. The van der Waals surface area contributed by atoms with Crippen LogP contribution in [-0.4, -0.2) is 35.1 Å². The van der Waals surface area contributed by atoms with Crippen molar-refractivity contribution in [2.75, 3.05) is 18.5 Å². The Morgan fingerprint density at radius 3 is 2.58 bits per heavy atom. The van der Waals surface area contributed by atoms with Gasteiger partial charge in [0.25, 0.3) is 11.1 Å². The molecule has 1 N–H and O–H groups in total. The van der Waals surface area contributed by atoms with Gasteiger partial charge >= 0.3 is 0 Å². The summed E-state index contributed by atoms with van der Waals surface area (Å²) < 4.78 is 24.7. The number of nitriles is 1. The number of nitrogens with one attached hydrogen (secondary N) is 1. The van der Waals surface area contributed by atoms with Gasteiger partial charge in [-0.15, -0.1) is 0 Å². The van der Waals surface area contributed by atoms with Crippen LogP contribution in [-0.2, 0) is 16.2 Å². The van der Waals surface area contributed by atoms with E-state index in [0.29, 0.717) is 34.9 Å². The third-order valence-corrected chi connectivity index (χ3v) is 6.30. The Bertz CT molecular complexity index is 1450. The van der Waals surface area contributed by atoms with Gasteiger partial charge in [-0.1, -0.05) is 24.3 Å². The number of thioether (sulfide) groups is 1. The highest BCUT2D eigenvalue weighted by molar-refractivity contribution is 8.18. The number of nitrogens with zero attached hydrogens (tertiary/aromatic N) is 2. The van der Waals surface area contributed by atoms with Crippen molar-refractivity contribution in [2.45, 2.75) is 13.5 Å². The number of hydrogen-bond acceptors (Lipinski definition) is 7. The van der Waals surface area contributed by atoms with E-state index in [1.807, 2.05) is 19.1 Å². The lowest BCUT2D eigenvalue weighted by Gasteiger charge is -2.13. The number of imide groups is 1. The molecule has 0 unspecified atom stereocenters. The first-order valence-corrected chi connectivity index (χ1v) is 12.4. The van der Waals surface area contributed by atoms with Gasteiger partial charge in [-0.25, -0.2) is 4.39 Å². The summed E-state index contributed by atoms with van der Waals surface area (Å²) in [4.78, 5) is 38.6. The molecule has 192 valence electrons. The van der Waals surface area contributed by atoms with Gasteiger partial charge in [0.05, 0.1) is 23.1 Å². The molecule has 10 heteroatoms. The zero-order valence-corrected chi connectivity index (χ0v) is 21.1. The molecule has 0 atom stereocenters. The fraction of sp³-hybridized carbons (Fsp3) is 0.143. The highest BCUT2D eigenvalue weighted by Gasteiger charge is 2.36. The Morgan fingerprint density at radius 1 is 1.08 bits per heavy atom. The summed E-state index contributed by atoms with van der Waals surface area (Å²) in [5, 5.41) is 11.2. The summed E-state index contributed by atoms with van der Waals surface area (Å²) in [5.74, 6) is -0.731. The Hall–Kier alpha value is -4.62. The third-order valence-electron chi connectivity index (χ3n) is 5.39. The Labute approximate surface area is 222 Å². The maximum Gasteiger partial charge on any atom is 0.294 e. The minimum atomic E-state index is -0.597. The molecular weight excluding hydrogens is 509 g/mol. The van der Waals surface area contributed by atoms with Crippen molar-refractivity contribution in [3.05, 3.63) is 94.1 Å². The van der Waals surface area contributed by atoms with Crippen LogP contribution >= 0.6 is 11.8 Å². The number of amides is 3. The minimum absolute atomic E-state index is 0.156. The van der Waals surface area contributed by atoms with Gasteiger partial charge in [-0.05, 0) is 72.8 Å². The van der Waals surface area contributed by atoms with E-state index in [1.54, 1.807) is 36.4 Å². The number of hydrogen-bond donors (Lipinski definition) is 1. The molecule has 0 aliphatic carbocycles. The molecule has 3 amide bonds. The second kappa shape index (κ2) is 12.1. The van der Waals surface area contributed by atoms with E-state index in [1.165, 1.54) is 24.3 Å². The molecular formula is C28H22FN3O5S. The summed E-state index contributed by atoms with van der Waals surface area (Å²) in [6, 6.07) is 19.5. The van der Waals surface area contributed by atoms with Gasteiger partial charge in [-0.2, -0.15) is 5.26 Å². The lowest BCUT2D eigenvalue weighted by atomic mass is 10.1. The number of halogens is 1. The largest absolute Gasteiger partial charge is 0.490 e. The number of carbonyl (C=O) groups excluding carboxylic acids is 3. The van der Waals surface area contributed by atoms with E-state index in [9.17, 15) is 24.0 Å². The molecule has 1 aliphatic heterocycles. The van der Waals surface area contributed by atoms with Crippen LogP contribution in [0.15, 0.2) is 71.6 Å². The SMILES string of the molecule is CCOc1cc(/C=C2\SC(=O)N(CC(=O)Nc3ccc(F)cc3)C2=O)ccc1OCc1ccccc1C#N. The standard InChI is InChI=1S/C28H22FN3O5S/c1-2-36-24-13-18(7-12-23(24)37-17-20-6-4-3-5-19(20)15-30)14-25-27(34)32(28(35)38-25)16-26(33)31-22-10-8-21(29)9-11-22/h3-14H,2,16-17H2,1H3,(H,31,33)/b25-14-. The van der Waals surface area contributed by atoms with E-state index in [4.69, 9.17) is 9.47 Å². The zero-order valence-electron chi connectivity index (χ0n) is 20.3. The van der Waals surface area contributed by atoms with Gasteiger partial charge in [0.15, 0.2) is 11.5 Å². The van der Waals surface area contributed by atoms with Gasteiger partial charge in [0.2, 0.25) is 5.91 Å². The van der Waals surface area contributed by atoms with Crippen molar-refractivity contribution in [1.29, 1.82) is 5.26 Å². The topological polar surface area (TPSA) is 109 Å². The van der Waals surface area contributed by atoms with Crippen molar-refractivity contribution in [3.8, 4) is 17.6 Å². The van der Waals surface area contributed by atoms with E-state index in [0.717, 1.165) is 22.2 Å². The van der Waals surface area contributed by atoms with Gasteiger partial charge < -0.3 is 14.8 Å². The van der Waals surface area contributed by atoms with Crippen LogP contribution in [0.2, 0.25) is 0 Å². The van der Waals surface area contributed by atoms with Crippen LogP contribution in [0.3, 0.4) is 0 Å². The van der Waals surface area contributed by atoms with Crippen LogP contribution in [0.1, 0.15) is 23.6 Å². The molecule has 3 aromatic carbocycles. The first-order chi connectivity index (χ1) is 18.4. The first kappa shape index (κ1) is 26.4. The molecule has 1 heterocycles. The number of ether oxygens (including phenoxy) is 2. The number of benzene rings is 3. The Balaban J connectivity index is 1.45. The first-order valence-electron chi connectivity index (χ1n) is 11.6. The molecule has 0 spiro atoms. The maximum absolute atomic E-state index is 13.1. The van der Waals surface area contributed by atoms with Crippen molar-refractivity contribution in [2.24, 2.45) is 0 Å². The normalized spacial score (nSPS) is 13.9. The fourth-order valence-corrected chi connectivity index (χ4v) is 4.42. The van der Waals surface area contributed by atoms with E-state index >= 15 is 0 Å². The quantitative estimate of drug-likeness (QED) is 0.371. The molecule has 4 rings (SSSR count). The average molecular weight is 532 g/mol. The maximum atomic E-state index is 13.1. The van der Waals surface area contributed by atoms with Crippen molar-refractivity contribution < 1.29 is 28.2 Å². The summed E-state index contributed by atoms with van der Waals surface area (Å²) in [5.41, 5.74) is 2.20. The molecule has 0 aromatic heterocycles. The van der Waals surface area contributed by atoms with Gasteiger partial charge in [0, 0.05) is 11.3 Å². The molecule has 8 nitrogen and oxygen atoms in total. The monoisotopic (exact) mass is 531 g/mol. The lowest BCUT2D eigenvalue weighted by molar-refractivity contribution is -0.127. The molecule has 0 radical (unpaired) electrons. The Kier molecular flexibility index (Phi) is 8.40. The van der Waals surface area contributed by atoms with Crippen molar-refractivity contribution in [3.63, 3.8) is 0 Å². The zero-order chi connectivity index (χ0) is 27.1. The molecule has 3 aromatic rings. The third kappa shape index (κ3) is 6.38. The van der Waals surface area contributed by atoms with Crippen LogP contribution in [0.5, 0.6) is 11.5 Å². The van der Waals surface area contributed by atoms with Crippen LogP contribution < -0.4 is 14.8 Å². The second-order valence-electron chi connectivity index (χ2n) is 8.02. The summed E-state index contributed by atoms with van der Waals surface area (Å²) in [6.45, 7) is 1.89. The smallest absolute Gasteiger partial charge is 0.294 e. The van der Waals surface area contributed by atoms with E-state index < -0.39 is 29.4 Å². The van der Waals surface area contributed by atoms with Crippen LogP contribution in [0.4, 0.5) is 14.9 Å². The van der Waals surface area contributed by atoms with E-state index in [-0.39, 0.29) is 11.5 Å². The average Bonchev–Trinajstić information content (AvgIpc) is 3.17. The summed E-state index contributed by atoms with van der Waals surface area (Å²) >= 11 is 0.728. The molecule has 1 fully saturated rings. The number of anilines is 1. The highest BCUT2D eigenvalue weighted by atomic mass is 32.2. The molecule has 38 heavy (non-hydrogen) atoms. The molecule has 0 bridgehead atoms. The minimum Gasteiger partial charge on any atom is -0.490 e. The molecule has 1 saturated heterocycles. The molecule has 1 aliphatic rings. The summed E-state index contributed by atoms with van der Waals surface area (Å²) in [6.07, 6.45) is 1.54. The summed E-state index contributed by atoms with van der Waals surface area (Å²) in [7, 11) is 0. The van der Waals surface area contributed by atoms with Gasteiger partial charge in [-0.3, -0.25) is 19.3 Å². The second-order valence-corrected chi connectivity index (χ2v) is 9.01. The van der Waals surface area contributed by atoms with Crippen LogP contribution in [0, 0.1) is 17.1 Å². The Morgan fingerprint density at radius 2 is 1.84 bits per heavy atom. The van der Waals surface area contributed by atoms with E-state index in [2.05, 4.69) is 11.4 Å². The predicted octanol–water partition coefficient (Wildman–Crippen LogP) is 5.35. The fourth-order valence-electron chi connectivity index (χ4n) is 3.58. The molecule has 0 saturated carbocycles.